The molecule has 3 aliphatic carbocycles. The Bertz CT molecular complexity index is 969. The van der Waals surface area contributed by atoms with E-state index in [-0.39, 0.29) is 18.4 Å². The van der Waals surface area contributed by atoms with Crippen LogP contribution in [-0.2, 0) is 23.7 Å². The highest BCUT2D eigenvalue weighted by Gasteiger charge is 2.88. The van der Waals surface area contributed by atoms with Gasteiger partial charge in [-0.15, -0.1) is 0 Å². The Morgan fingerprint density at radius 3 is 2.47 bits per heavy atom. The molecule has 186 valence electrons. The predicted octanol–water partition coefficient (Wildman–Crippen LogP) is -1.51. The van der Waals surface area contributed by atoms with Gasteiger partial charge in [-0.25, -0.2) is 4.79 Å². The van der Waals surface area contributed by atoms with Crippen molar-refractivity contribution >= 4 is 11.9 Å². The molecule has 1 aromatic carbocycles. The first-order valence-corrected chi connectivity index (χ1v) is 11.2. The molecule has 0 spiro atoms. The summed E-state index contributed by atoms with van der Waals surface area (Å²) in [7, 11) is 0. The number of rotatable bonds is 6. The van der Waals surface area contributed by atoms with E-state index < -0.39 is 84.5 Å². The number of hydrogen-bond acceptors (Lipinski definition) is 11. The van der Waals surface area contributed by atoms with Crippen LogP contribution in [0.4, 0.5) is 0 Å². The summed E-state index contributed by atoms with van der Waals surface area (Å²) in [5, 5.41) is 51.0. The van der Waals surface area contributed by atoms with Crippen LogP contribution in [-0.4, -0.2) is 98.7 Å². The number of aliphatic hydroxyl groups is 5. The van der Waals surface area contributed by atoms with Gasteiger partial charge in [-0.1, -0.05) is 18.2 Å². The van der Waals surface area contributed by atoms with Crippen molar-refractivity contribution in [2.45, 2.75) is 67.8 Å². The largest absolute Gasteiger partial charge is 0.461 e. The van der Waals surface area contributed by atoms with Gasteiger partial charge in [0.15, 0.2) is 6.29 Å². The van der Waals surface area contributed by atoms with Crippen LogP contribution >= 0.6 is 0 Å². The van der Waals surface area contributed by atoms with Gasteiger partial charge >= 0.3 is 11.9 Å². The van der Waals surface area contributed by atoms with E-state index in [0.717, 1.165) is 0 Å². The van der Waals surface area contributed by atoms with Crippen LogP contribution in [0, 0.1) is 11.3 Å². The van der Waals surface area contributed by atoms with E-state index in [1.54, 1.807) is 37.3 Å². The third-order valence-corrected chi connectivity index (χ3v) is 8.07. The van der Waals surface area contributed by atoms with Gasteiger partial charge in [-0.05, 0) is 25.5 Å². The van der Waals surface area contributed by atoms with Gasteiger partial charge in [0, 0.05) is 12.3 Å². The molecule has 5 N–H and O–H groups in total. The van der Waals surface area contributed by atoms with Crippen LogP contribution < -0.4 is 0 Å². The first kappa shape index (κ1) is 23.6. The number of hydrogen-bond donors (Lipinski definition) is 5. The van der Waals surface area contributed by atoms with Gasteiger partial charge in [-0.3, -0.25) is 4.79 Å². The fourth-order valence-corrected chi connectivity index (χ4v) is 6.19. The monoisotopic (exact) mass is 480 g/mol. The molecule has 6 rings (SSSR count). The van der Waals surface area contributed by atoms with Gasteiger partial charge < -0.3 is 44.5 Å². The summed E-state index contributed by atoms with van der Waals surface area (Å²) in [6, 6.07) is 8.20. The SMILES string of the molecule is CC12CC(O)C3CC1(O[C@@H]1O[C@H](CO)[C@@H](O)[C@H](O)[C@H]1O)C3(COC(=O)c1ccccc1)C(=O)O2. The predicted molar refractivity (Wildman–Crippen MR) is 110 cm³/mol. The van der Waals surface area contributed by atoms with Gasteiger partial charge in [0.25, 0.3) is 0 Å². The Kier molecular flexibility index (Phi) is 5.52. The summed E-state index contributed by atoms with van der Waals surface area (Å²) in [6.07, 6.45) is -8.41. The van der Waals surface area contributed by atoms with Crippen molar-refractivity contribution in [3.63, 3.8) is 0 Å². The Balaban J connectivity index is 1.46. The first-order valence-electron chi connectivity index (χ1n) is 11.2. The summed E-state index contributed by atoms with van der Waals surface area (Å²) >= 11 is 0. The number of esters is 2. The molecule has 3 saturated carbocycles. The molecule has 2 saturated heterocycles. The molecule has 2 aliphatic heterocycles. The minimum atomic E-state index is -1.69. The lowest BCUT2D eigenvalue weighted by Gasteiger charge is -2.66. The second-order valence-corrected chi connectivity index (χ2v) is 9.76. The molecule has 10 atom stereocenters. The normalized spacial score (nSPS) is 47.0. The highest BCUT2D eigenvalue weighted by atomic mass is 16.7. The number of carbonyl (C=O) groups excluding carboxylic acids is 2. The van der Waals surface area contributed by atoms with Gasteiger partial charge in [0.2, 0.25) is 0 Å². The van der Waals surface area contributed by atoms with Crippen LogP contribution in [0.1, 0.15) is 30.1 Å². The molecular weight excluding hydrogens is 452 g/mol. The zero-order chi connectivity index (χ0) is 24.5. The molecule has 11 nitrogen and oxygen atoms in total. The maximum absolute atomic E-state index is 13.2. The highest BCUT2D eigenvalue weighted by molar-refractivity contribution is 5.90. The van der Waals surface area contributed by atoms with E-state index in [1.165, 1.54) is 0 Å². The molecule has 1 aromatic rings. The minimum Gasteiger partial charge on any atom is -0.461 e. The number of aliphatic hydroxyl groups excluding tert-OH is 5. The fraction of sp³-hybridized carbons (Fsp3) is 0.652. The lowest BCUT2D eigenvalue weighted by molar-refractivity contribution is -0.394. The molecule has 5 unspecified atom stereocenters. The summed E-state index contributed by atoms with van der Waals surface area (Å²) in [4.78, 5) is 25.9. The number of benzene rings is 1. The average molecular weight is 480 g/mol. The standard InChI is InChI=1S/C23H28O11/c1-21-8-13(25)12-7-23(21,33-19-17(28)16(27)15(26)14(9-24)32-19)22(12,20(30)34-21)10-31-18(29)11-5-3-2-4-6-11/h2-6,12-17,19,24-28H,7-10H2,1H3/t12?,13?,14-,15-,16+,17-,19+,21?,22?,23?/m1/s1. The van der Waals surface area contributed by atoms with Crippen molar-refractivity contribution in [2.75, 3.05) is 13.2 Å². The first-order chi connectivity index (χ1) is 16.1. The molecule has 4 bridgehead atoms. The van der Waals surface area contributed by atoms with Crippen molar-refractivity contribution < 1.29 is 54.1 Å². The molecular formula is C23H28O11. The van der Waals surface area contributed by atoms with Crippen molar-refractivity contribution in [2.24, 2.45) is 11.3 Å². The molecule has 5 aliphatic rings. The summed E-state index contributed by atoms with van der Waals surface area (Å²) < 4.78 is 22.9. The molecule has 34 heavy (non-hydrogen) atoms. The van der Waals surface area contributed by atoms with E-state index in [0.29, 0.717) is 0 Å². The maximum Gasteiger partial charge on any atom is 0.338 e. The zero-order valence-electron chi connectivity index (χ0n) is 18.4. The Morgan fingerprint density at radius 2 is 1.79 bits per heavy atom. The second-order valence-electron chi connectivity index (χ2n) is 9.76. The molecule has 5 fully saturated rings. The lowest BCUT2D eigenvalue weighted by Crippen LogP contribution is -2.80. The number of carbonyl (C=O) groups is 2. The van der Waals surface area contributed by atoms with Crippen LogP contribution in [0.25, 0.3) is 0 Å². The van der Waals surface area contributed by atoms with Crippen molar-refractivity contribution in [1.82, 2.24) is 0 Å². The maximum atomic E-state index is 13.2. The van der Waals surface area contributed by atoms with Gasteiger partial charge in [-0.2, -0.15) is 0 Å². The fourth-order valence-electron chi connectivity index (χ4n) is 6.19. The van der Waals surface area contributed by atoms with Crippen LogP contribution in [0.2, 0.25) is 0 Å². The van der Waals surface area contributed by atoms with Gasteiger partial charge in [0.1, 0.15) is 47.6 Å². The Morgan fingerprint density at radius 1 is 1.09 bits per heavy atom. The smallest absolute Gasteiger partial charge is 0.338 e. The summed E-state index contributed by atoms with van der Waals surface area (Å²) in [5.74, 6) is -2.00. The summed E-state index contributed by atoms with van der Waals surface area (Å²) in [5.41, 5.74) is -4.08. The highest BCUT2D eigenvalue weighted by Crippen LogP contribution is 2.73. The van der Waals surface area contributed by atoms with Crippen molar-refractivity contribution in [1.29, 1.82) is 0 Å². The van der Waals surface area contributed by atoms with E-state index in [1.807, 2.05) is 0 Å². The molecule has 0 radical (unpaired) electrons. The average Bonchev–Trinajstić information content (AvgIpc) is 2.88. The van der Waals surface area contributed by atoms with E-state index in [2.05, 4.69) is 0 Å². The number of ether oxygens (including phenoxy) is 4. The quantitative estimate of drug-likeness (QED) is 0.300. The van der Waals surface area contributed by atoms with Crippen molar-refractivity contribution in [3.05, 3.63) is 35.9 Å². The Labute approximate surface area is 194 Å². The third-order valence-electron chi connectivity index (χ3n) is 8.07. The van der Waals surface area contributed by atoms with Crippen LogP contribution in [0.15, 0.2) is 30.3 Å². The van der Waals surface area contributed by atoms with E-state index in [4.69, 9.17) is 18.9 Å². The topological polar surface area (TPSA) is 172 Å². The van der Waals surface area contributed by atoms with Crippen molar-refractivity contribution in [3.8, 4) is 0 Å². The zero-order valence-corrected chi connectivity index (χ0v) is 18.4. The molecule has 11 heteroatoms. The summed E-state index contributed by atoms with van der Waals surface area (Å²) in [6.45, 7) is 0.508. The third kappa shape index (κ3) is 2.95. The Hall–Kier alpha value is -2.12. The molecule has 0 aromatic heterocycles. The molecule has 2 heterocycles. The van der Waals surface area contributed by atoms with Crippen LogP contribution in [0.5, 0.6) is 0 Å². The second kappa shape index (κ2) is 7.95. The minimum absolute atomic E-state index is 0.0508. The van der Waals surface area contributed by atoms with E-state index >= 15 is 0 Å². The molecule has 0 amide bonds. The van der Waals surface area contributed by atoms with Gasteiger partial charge in [0.05, 0.1) is 18.3 Å². The number of fused-ring (bicyclic) bond motifs is 1. The van der Waals surface area contributed by atoms with Crippen LogP contribution in [0.3, 0.4) is 0 Å². The van der Waals surface area contributed by atoms with E-state index in [9.17, 15) is 35.1 Å². The lowest BCUT2D eigenvalue weighted by atomic mass is 9.40.